The number of rotatable bonds is 3. The summed E-state index contributed by atoms with van der Waals surface area (Å²) in [5.41, 5.74) is 1.03. The quantitative estimate of drug-likeness (QED) is 0.440. The maximum absolute atomic E-state index is 8.24. The summed E-state index contributed by atoms with van der Waals surface area (Å²) in [6.45, 7) is 2.03. The summed E-state index contributed by atoms with van der Waals surface area (Å²) < 4.78 is 0. The summed E-state index contributed by atoms with van der Waals surface area (Å²) in [5.74, 6) is 0.488. The third-order valence-corrected chi connectivity index (χ3v) is 1.31. The first kappa shape index (κ1) is 8.52. The molecule has 0 aliphatic carbocycles. The maximum atomic E-state index is 8.24. The highest BCUT2D eigenvalue weighted by Crippen LogP contribution is 2.03. The molecule has 2 heteroatoms. The molecule has 0 aromatic heterocycles. The molecule has 0 aliphatic heterocycles. The molecular weight excluding hydrogens is 134 g/mol. The van der Waals surface area contributed by atoms with E-state index in [9.17, 15) is 0 Å². The lowest BCUT2D eigenvalue weighted by Crippen LogP contribution is -1.81. The van der Waals surface area contributed by atoms with Crippen molar-refractivity contribution in [2.45, 2.75) is 19.8 Å². The number of hydrogen-bond donors (Lipinski definition) is 0. The average molecular weight is 144 g/mol. The van der Waals surface area contributed by atoms with Gasteiger partial charge < -0.3 is 0 Å². The molecule has 0 fully saturated rings. The van der Waals surface area contributed by atoms with E-state index in [-0.39, 0.29) is 0 Å². The van der Waals surface area contributed by atoms with Gasteiger partial charge in [0.15, 0.2) is 0 Å². The molecule has 0 amide bonds. The van der Waals surface area contributed by atoms with E-state index < -0.39 is 0 Å². The van der Waals surface area contributed by atoms with Crippen molar-refractivity contribution in [1.82, 2.24) is 0 Å². The molecule has 0 saturated carbocycles. The first-order valence-electron chi connectivity index (χ1n) is 2.96. The second kappa shape index (κ2) is 5.65. The van der Waals surface area contributed by atoms with Crippen molar-refractivity contribution in [2.75, 3.05) is 5.88 Å². The first-order chi connectivity index (χ1) is 4.35. The number of halogens is 1. The van der Waals surface area contributed by atoms with E-state index in [4.69, 9.17) is 16.9 Å². The lowest BCUT2D eigenvalue weighted by molar-refractivity contribution is 1.13. The average Bonchev–Trinajstić information content (AvgIpc) is 1.88. The van der Waals surface area contributed by atoms with Crippen LogP contribution in [0.3, 0.4) is 0 Å². The molecule has 0 aromatic carbocycles. The van der Waals surface area contributed by atoms with Gasteiger partial charge in [-0.1, -0.05) is 13.0 Å². The minimum Gasteiger partial charge on any atom is -0.198 e. The van der Waals surface area contributed by atoms with Crippen molar-refractivity contribution in [3.63, 3.8) is 0 Å². The zero-order valence-corrected chi connectivity index (χ0v) is 6.28. The minimum atomic E-state index is 0.470. The molecule has 0 aliphatic rings. The zero-order valence-electron chi connectivity index (χ0n) is 5.52. The Hall–Kier alpha value is -0.480. The molecule has 1 nitrogen and oxygen atoms in total. The van der Waals surface area contributed by atoms with Crippen LogP contribution in [0.4, 0.5) is 0 Å². The second-order valence-electron chi connectivity index (χ2n) is 1.74. The van der Waals surface area contributed by atoms with Crippen LogP contribution in [0.5, 0.6) is 0 Å². The van der Waals surface area contributed by atoms with E-state index in [1.165, 1.54) is 0 Å². The van der Waals surface area contributed by atoms with Crippen LogP contribution in [0.25, 0.3) is 0 Å². The Morgan fingerprint density at radius 1 is 1.78 bits per heavy atom. The normalized spacial score (nSPS) is 11.0. The Morgan fingerprint density at radius 3 is 2.78 bits per heavy atom. The van der Waals surface area contributed by atoms with Crippen LogP contribution < -0.4 is 0 Å². The Bertz CT molecular complexity index is 132. The number of nitrogens with zero attached hydrogens (tertiary/aromatic N) is 1. The highest BCUT2D eigenvalue weighted by molar-refractivity contribution is 6.19. The summed E-state index contributed by atoms with van der Waals surface area (Å²) >= 11 is 5.51. The van der Waals surface area contributed by atoms with Crippen molar-refractivity contribution in [3.05, 3.63) is 11.6 Å². The minimum absolute atomic E-state index is 0.470. The fraction of sp³-hybridized carbons (Fsp3) is 0.571. The fourth-order valence-corrected chi connectivity index (χ4v) is 0.768. The Morgan fingerprint density at radius 2 is 2.44 bits per heavy atom. The van der Waals surface area contributed by atoms with Crippen LogP contribution >= 0.6 is 11.6 Å². The third-order valence-electron chi connectivity index (χ3n) is 0.971. The highest BCUT2D eigenvalue weighted by atomic mass is 35.5. The van der Waals surface area contributed by atoms with Crippen molar-refractivity contribution in [1.29, 1.82) is 5.26 Å². The van der Waals surface area contributed by atoms with E-state index in [1.54, 1.807) is 0 Å². The molecule has 0 rings (SSSR count). The van der Waals surface area contributed by atoms with Gasteiger partial charge in [0, 0.05) is 5.88 Å². The first-order valence-corrected chi connectivity index (χ1v) is 3.49. The SMILES string of the molecule is CC/C=C(\CCl)CC#N. The van der Waals surface area contributed by atoms with Crippen molar-refractivity contribution in [2.24, 2.45) is 0 Å². The van der Waals surface area contributed by atoms with Crippen LogP contribution in [0.15, 0.2) is 11.6 Å². The summed E-state index contributed by atoms with van der Waals surface area (Å²) in [7, 11) is 0. The largest absolute Gasteiger partial charge is 0.198 e. The number of nitriles is 1. The van der Waals surface area contributed by atoms with Crippen LogP contribution in [-0.2, 0) is 0 Å². The molecule has 0 aromatic rings. The molecule has 0 radical (unpaired) electrons. The monoisotopic (exact) mass is 143 g/mol. The van der Waals surface area contributed by atoms with Gasteiger partial charge in [-0.15, -0.1) is 11.6 Å². The zero-order chi connectivity index (χ0) is 7.11. The van der Waals surface area contributed by atoms with Gasteiger partial charge in [-0.25, -0.2) is 0 Å². The molecule has 0 atom stereocenters. The topological polar surface area (TPSA) is 23.8 Å². The molecular formula is C7H10ClN. The molecule has 50 valence electrons. The van der Waals surface area contributed by atoms with Gasteiger partial charge >= 0.3 is 0 Å². The summed E-state index contributed by atoms with van der Waals surface area (Å²) in [5, 5.41) is 8.24. The predicted octanol–water partition coefficient (Wildman–Crippen LogP) is 2.48. The van der Waals surface area contributed by atoms with E-state index in [0.717, 1.165) is 12.0 Å². The Labute approximate surface area is 60.9 Å². The number of alkyl halides is 1. The highest BCUT2D eigenvalue weighted by Gasteiger charge is 1.90. The smallest absolute Gasteiger partial charge is 0.0666 e. The van der Waals surface area contributed by atoms with Crippen LogP contribution in [0.2, 0.25) is 0 Å². The van der Waals surface area contributed by atoms with E-state index in [2.05, 4.69) is 6.07 Å². The van der Waals surface area contributed by atoms with Gasteiger partial charge in [0.05, 0.1) is 12.5 Å². The van der Waals surface area contributed by atoms with Crippen molar-refractivity contribution < 1.29 is 0 Å². The predicted molar refractivity (Wildman–Crippen MR) is 39.3 cm³/mol. The third kappa shape index (κ3) is 4.05. The Kier molecular flexibility index (Phi) is 5.35. The van der Waals surface area contributed by atoms with Gasteiger partial charge in [0.1, 0.15) is 0 Å². The number of hydrogen-bond acceptors (Lipinski definition) is 1. The van der Waals surface area contributed by atoms with Crippen LogP contribution in [-0.4, -0.2) is 5.88 Å². The molecule has 0 spiro atoms. The summed E-state index contributed by atoms with van der Waals surface area (Å²) in [4.78, 5) is 0. The summed E-state index contributed by atoms with van der Waals surface area (Å²) in [6.07, 6.45) is 3.43. The molecule has 0 saturated heterocycles. The Balaban J connectivity index is 3.70. The molecule has 0 bridgehead atoms. The molecule has 0 N–H and O–H groups in total. The van der Waals surface area contributed by atoms with Crippen LogP contribution in [0, 0.1) is 11.3 Å². The number of allylic oxidation sites excluding steroid dienone is 2. The van der Waals surface area contributed by atoms with Gasteiger partial charge in [0.25, 0.3) is 0 Å². The fourth-order valence-electron chi connectivity index (χ4n) is 0.564. The molecule has 0 heterocycles. The standard InChI is InChI=1S/C7H10ClN/c1-2-3-7(6-8)4-5-9/h3H,2,4,6H2,1H3/b7-3-. The van der Waals surface area contributed by atoms with Gasteiger partial charge in [-0.05, 0) is 12.0 Å². The van der Waals surface area contributed by atoms with E-state index in [1.807, 2.05) is 13.0 Å². The molecule has 9 heavy (non-hydrogen) atoms. The van der Waals surface area contributed by atoms with Gasteiger partial charge in [-0.2, -0.15) is 5.26 Å². The maximum Gasteiger partial charge on any atom is 0.0666 e. The van der Waals surface area contributed by atoms with Gasteiger partial charge in [0.2, 0.25) is 0 Å². The summed E-state index contributed by atoms with van der Waals surface area (Å²) in [6, 6.07) is 2.05. The van der Waals surface area contributed by atoms with Gasteiger partial charge in [-0.3, -0.25) is 0 Å². The molecule has 0 unspecified atom stereocenters. The second-order valence-corrected chi connectivity index (χ2v) is 2.01. The van der Waals surface area contributed by atoms with Crippen LogP contribution in [0.1, 0.15) is 19.8 Å². The van der Waals surface area contributed by atoms with Crippen molar-refractivity contribution >= 4 is 11.6 Å². The lowest BCUT2D eigenvalue weighted by Gasteiger charge is -1.92. The lowest BCUT2D eigenvalue weighted by atomic mass is 10.2. The van der Waals surface area contributed by atoms with E-state index in [0.29, 0.717) is 12.3 Å². The van der Waals surface area contributed by atoms with Crippen molar-refractivity contribution in [3.8, 4) is 6.07 Å². The van der Waals surface area contributed by atoms with E-state index >= 15 is 0 Å².